The molecular weight excluding hydrogens is 240 g/mol. The van der Waals surface area contributed by atoms with Crippen molar-refractivity contribution >= 4 is 10.0 Å². The van der Waals surface area contributed by atoms with Gasteiger partial charge in [-0.2, -0.15) is 9.57 Å². The normalized spacial score (nSPS) is 21.3. The summed E-state index contributed by atoms with van der Waals surface area (Å²) in [5.74, 6) is 0. The number of hydrogen-bond acceptors (Lipinski definition) is 4. The van der Waals surface area contributed by atoms with Gasteiger partial charge in [-0.3, -0.25) is 0 Å². The van der Waals surface area contributed by atoms with E-state index >= 15 is 0 Å². The topological polar surface area (TPSA) is 81.4 Å². The van der Waals surface area contributed by atoms with Gasteiger partial charge in [-0.25, -0.2) is 8.42 Å². The van der Waals surface area contributed by atoms with Gasteiger partial charge in [-0.1, -0.05) is 6.07 Å². The third kappa shape index (κ3) is 2.31. The molecule has 1 aliphatic rings. The van der Waals surface area contributed by atoms with E-state index in [1.807, 2.05) is 6.07 Å². The predicted octanol–water partition coefficient (Wildman–Crippen LogP) is 0.314. The highest BCUT2D eigenvalue weighted by molar-refractivity contribution is 7.89. The third-order valence-electron chi connectivity index (χ3n) is 2.73. The molecule has 0 amide bonds. The van der Waals surface area contributed by atoms with E-state index in [4.69, 9.17) is 5.26 Å². The first kappa shape index (κ1) is 12.0. The van der Waals surface area contributed by atoms with Crippen LogP contribution in [-0.2, 0) is 10.0 Å². The van der Waals surface area contributed by atoms with E-state index in [9.17, 15) is 13.5 Å². The summed E-state index contributed by atoms with van der Waals surface area (Å²) in [6, 6.07) is 7.81. The molecule has 2 rings (SSSR count). The monoisotopic (exact) mass is 252 g/mol. The summed E-state index contributed by atoms with van der Waals surface area (Å²) in [4.78, 5) is 0.102. The molecule has 5 nitrogen and oxygen atoms in total. The lowest BCUT2D eigenvalue weighted by Gasteiger charge is -2.15. The quantitative estimate of drug-likeness (QED) is 0.821. The van der Waals surface area contributed by atoms with Crippen LogP contribution in [0.25, 0.3) is 0 Å². The number of benzene rings is 1. The number of rotatable bonds is 2. The highest BCUT2D eigenvalue weighted by Crippen LogP contribution is 2.21. The Morgan fingerprint density at radius 3 is 2.82 bits per heavy atom. The van der Waals surface area contributed by atoms with Crippen molar-refractivity contribution in [1.29, 1.82) is 5.26 Å². The SMILES string of the molecule is N#Cc1cccc(S(=O)(=O)N2CC[C@@H](O)C2)c1. The van der Waals surface area contributed by atoms with Crippen molar-refractivity contribution in [2.45, 2.75) is 17.4 Å². The standard InChI is InChI=1S/C11H12N2O3S/c12-7-9-2-1-3-11(6-9)17(15,16)13-5-4-10(14)8-13/h1-3,6,10,14H,4-5,8H2/t10-/m1/s1. The summed E-state index contributed by atoms with van der Waals surface area (Å²) in [7, 11) is -3.58. The first-order valence-electron chi connectivity index (χ1n) is 5.22. The van der Waals surface area contributed by atoms with Gasteiger partial charge in [-0.15, -0.1) is 0 Å². The smallest absolute Gasteiger partial charge is 0.243 e. The fourth-order valence-electron chi connectivity index (χ4n) is 1.80. The average Bonchev–Trinajstić information content (AvgIpc) is 2.76. The minimum Gasteiger partial charge on any atom is -0.392 e. The van der Waals surface area contributed by atoms with Crippen LogP contribution in [-0.4, -0.2) is 37.0 Å². The van der Waals surface area contributed by atoms with E-state index in [0.717, 1.165) is 0 Å². The molecule has 0 aromatic heterocycles. The Kier molecular flexibility index (Phi) is 3.15. The van der Waals surface area contributed by atoms with Crippen LogP contribution >= 0.6 is 0 Å². The van der Waals surface area contributed by atoms with Crippen molar-refractivity contribution in [3.63, 3.8) is 0 Å². The van der Waals surface area contributed by atoms with Crippen molar-refractivity contribution < 1.29 is 13.5 Å². The van der Waals surface area contributed by atoms with Crippen LogP contribution < -0.4 is 0 Å². The van der Waals surface area contributed by atoms with Gasteiger partial charge < -0.3 is 5.11 Å². The Balaban J connectivity index is 2.35. The van der Waals surface area contributed by atoms with Crippen LogP contribution in [0.5, 0.6) is 0 Å². The third-order valence-corrected chi connectivity index (χ3v) is 4.59. The Morgan fingerprint density at radius 2 is 2.24 bits per heavy atom. The fourth-order valence-corrected chi connectivity index (χ4v) is 3.34. The molecule has 1 fully saturated rings. The van der Waals surface area contributed by atoms with Crippen LogP contribution in [0.1, 0.15) is 12.0 Å². The predicted molar refractivity (Wildman–Crippen MR) is 60.5 cm³/mol. The van der Waals surface area contributed by atoms with Gasteiger partial charge in [0.15, 0.2) is 0 Å². The summed E-state index contributed by atoms with van der Waals surface area (Å²) in [6.45, 7) is 0.444. The highest BCUT2D eigenvalue weighted by Gasteiger charge is 2.31. The Hall–Kier alpha value is -1.42. The molecule has 0 aliphatic carbocycles. The minimum absolute atomic E-state index is 0.102. The van der Waals surface area contributed by atoms with E-state index in [-0.39, 0.29) is 11.4 Å². The largest absolute Gasteiger partial charge is 0.392 e. The number of nitrogens with zero attached hydrogens (tertiary/aromatic N) is 2. The lowest BCUT2D eigenvalue weighted by molar-refractivity contribution is 0.189. The second kappa shape index (κ2) is 4.45. The molecule has 1 N–H and O–H groups in total. The molecule has 17 heavy (non-hydrogen) atoms. The highest BCUT2D eigenvalue weighted by atomic mass is 32.2. The van der Waals surface area contributed by atoms with Gasteiger partial charge in [-0.05, 0) is 24.6 Å². The van der Waals surface area contributed by atoms with Crippen LogP contribution in [0.2, 0.25) is 0 Å². The van der Waals surface area contributed by atoms with E-state index in [0.29, 0.717) is 18.5 Å². The second-order valence-electron chi connectivity index (χ2n) is 3.95. The summed E-state index contributed by atoms with van der Waals surface area (Å²) < 4.78 is 25.6. The van der Waals surface area contributed by atoms with Gasteiger partial charge in [0.2, 0.25) is 10.0 Å². The zero-order valence-electron chi connectivity index (χ0n) is 9.07. The van der Waals surface area contributed by atoms with Crippen molar-refractivity contribution in [1.82, 2.24) is 4.31 Å². The van der Waals surface area contributed by atoms with E-state index in [1.165, 1.54) is 22.5 Å². The maximum absolute atomic E-state index is 12.2. The minimum atomic E-state index is -3.58. The van der Waals surface area contributed by atoms with Crippen molar-refractivity contribution in [2.24, 2.45) is 0 Å². The summed E-state index contributed by atoms with van der Waals surface area (Å²) in [5.41, 5.74) is 0.311. The van der Waals surface area contributed by atoms with Crippen LogP contribution in [0.4, 0.5) is 0 Å². The molecule has 1 saturated heterocycles. The van der Waals surface area contributed by atoms with Gasteiger partial charge in [0.1, 0.15) is 0 Å². The first-order valence-corrected chi connectivity index (χ1v) is 6.66. The van der Waals surface area contributed by atoms with Gasteiger partial charge >= 0.3 is 0 Å². The summed E-state index contributed by atoms with van der Waals surface area (Å²) in [6.07, 6.45) is -0.138. The average molecular weight is 252 g/mol. The van der Waals surface area contributed by atoms with Crippen LogP contribution in [0.3, 0.4) is 0 Å². The zero-order chi connectivity index (χ0) is 12.5. The number of hydrogen-bond donors (Lipinski definition) is 1. The number of aliphatic hydroxyl groups excluding tert-OH is 1. The molecule has 1 heterocycles. The number of β-amino-alcohol motifs (C(OH)–C–C–N with tert-alkyl or cyclic N) is 1. The van der Waals surface area contributed by atoms with Gasteiger partial charge in [0.25, 0.3) is 0 Å². The molecule has 0 spiro atoms. The Bertz CT molecular complexity index is 562. The van der Waals surface area contributed by atoms with Crippen molar-refractivity contribution in [3.8, 4) is 6.07 Å². The number of sulfonamides is 1. The molecule has 1 atom stereocenters. The summed E-state index contributed by atoms with van der Waals surface area (Å²) in [5, 5.41) is 18.1. The van der Waals surface area contributed by atoms with Gasteiger partial charge in [0.05, 0.1) is 22.6 Å². The number of aliphatic hydroxyl groups is 1. The molecule has 1 aromatic carbocycles. The molecular formula is C11H12N2O3S. The van der Waals surface area contributed by atoms with E-state index in [1.54, 1.807) is 6.07 Å². The lowest BCUT2D eigenvalue weighted by Crippen LogP contribution is -2.29. The van der Waals surface area contributed by atoms with E-state index in [2.05, 4.69) is 0 Å². The summed E-state index contributed by atoms with van der Waals surface area (Å²) >= 11 is 0. The van der Waals surface area contributed by atoms with Gasteiger partial charge in [0, 0.05) is 13.1 Å². The molecule has 0 bridgehead atoms. The Morgan fingerprint density at radius 1 is 1.47 bits per heavy atom. The zero-order valence-corrected chi connectivity index (χ0v) is 9.89. The fraction of sp³-hybridized carbons (Fsp3) is 0.364. The molecule has 1 aliphatic heterocycles. The molecule has 0 radical (unpaired) electrons. The molecule has 90 valence electrons. The van der Waals surface area contributed by atoms with Crippen molar-refractivity contribution in [3.05, 3.63) is 29.8 Å². The second-order valence-corrected chi connectivity index (χ2v) is 5.88. The number of nitriles is 1. The van der Waals surface area contributed by atoms with Crippen LogP contribution in [0.15, 0.2) is 29.2 Å². The maximum atomic E-state index is 12.2. The Labute approximate surface area is 100.0 Å². The molecule has 0 saturated carbocycles. The van der Waals surface area contributed by atoms with Crippen molar-refractivity contribution in [2.75, 3.05) is 13.1 Å². The molecule has 0 unspecified atom stereocenters. The van der Waals surface area contributed by atoms with Crippen LogP contribution in [0, 0.1) is 11.3 Å². The lowest BCUT2D eigenvalue weighted by atomic mass is 10.2. The van der Waals surface area contributed by atoms with E-state index < -0.39 is 16.1 Å². The first-order chi connectivity index (χ1) is 8.04. The maximum Gasteiger partial charge on any atom is 0.243 e. The molecule has 1 aromatic rings. The molecule has 6 heteroatoms.